The largest absolute Gasteiger partial charge is 0.336 e. The first kappa shape index (κ1) is 21.0. The van der Waals surface area contributed by atoms with Crippen LogP contribution in [-0.2, 0) is 0 Å². The Morgan fingerprint density at radius 1 is 1.20 bits per heavy atom. The maximum absolute atomic E-state index is 12.5. The van der Waals surface area contributed by atoms with Crippen LogP contribution in [0.2, 0.25) is 0 Å². The van der Waals surface area contributed by atoms with Crippen molar-refractivity contribution < 1.29 is 4.79 Å². The zero-order valence-corrected chi connectivity index (χ0v) is 17.4. The van der Waals surface area contributed by atoms with Crippen LogP contribution in [0.25, 0.3) is 16.9 Å². The van der Waals surface area contributed by atoms with Gasteiger partial charge in [0.1, 0.15) is 0 Å². The van der Waals surface area contributed by atoms with Crippen molar-refractivity contribution in [1.82, 2.24) is 25.0 Å². The molecule has 30 heavy (non-hydrogen) atoms. The smallest absolute Gasteiger partial charge is 0.272 e. The van der Waals surface area contributed by atoms with Crippen LogP contribution in [0.5, 0.6) is 0 Å². The van der Waals surface area contributed by atoms with E-state index in [4.69, 9.17) is 5.26 Å². The lowest BCUT2D eigenvalue weighted by molar-refractivity contribution is 0.0852. The number of aromatic amines is 1. The minimum Gasteiger partial charge on any atom is -0.336 e. The number of nitriles is 1. The first-order chi connectivity index (χ1) is 14.3. The van der Waals surface area contributed by atoms with Crippen molar-refractivity contribution >= 4 is 5.91 Å². The summed E-state index contributed by atoms with van der Waals surface area (Å²) in [6.45, 7) is 4.08. The molecular weight excluding hydrogens is 380 g/mol. The first-order valence-corrected chi connectivity index (χ1v) is 9.56. The number of carbonyl (C=O) groups excluding carboxylic acids is 1. The summed E-state index contributed by atoms with van der Waals surface area (Å²) in [6, 6.07) is 12.2. The third kappa shape index (κ3) is 4.47. The van der Waals surface area contributed by atoms with Crippen LogP contribution in [0, 0.1) is 17.2 Å². The fourth-order valence-electron chi connectivity index (χ4n) is 3.22. The molecule has 0 aliphatic heterocycles. The lowest BCUT2D eigenvalue weighted by atomic mass is 10.1. The van der Waals surface area contributed by atoms with Crippen molar-refractivity contribution in [3.8, 4) is 23.0 Å². The molecule has 8 nitrogen and oxygen atoms in total. The van der Waals surface area contributed by atoms with E-state index in [-0.39, 0.29) is 23.6 Å². The summed E-state index contributed by atoms with van der Waals surface area (Å²) < 4.78 is 1.51. The number of H-pyrrole nitrogens is 1. The van der Waals surface area contributed by atoms with E-state index in [9.17, 15) is 9.59 Å². The first-order valence-electron chi connectivity index (χ1n) is 9.56. The molecule has 0 bridgehead atoms. The van der Waals surface area contributed by atoms with E-state index < -0.39 is 0 Å². The van der Waals surface area contributed by atoms with Crippen molar-refractivity contribution in [3.05, 3.63) is 70.3 Å². The zero-order valence-electron chi connectivity index (χ0n) is 17.4. The fraction of sp³-hybridized carbons (Fsp3) is 0.273. The topological polar surface area (TPSA) is 107 Å². The van der Waals surface area contributed by atoms with E-state index in [2.05, 4.69) is 21.5 Å². The number of carbonyl (C=O) groups is 1. The zero-order chi connectivity index (χ0) is 21.8. The number of nitrogens with one attached hydrogen (secondary N) is 2. The molecule has 1 atom stereocenters. The number of amides is 1. The Hall–Kier alpha value is -3.70. The molecule has 0 radical (unpaired) electrons. The van der Waals surface area contributed by atoms with Gasteiger partial charge >= 0.3 is 0 Å². The Labute approximate surface area is 174 Å². The van der Waals surface area contributed by atoms with Gasteiger partial charge < -0.3 is 5.32 Å². The average molecular weight is 404 g/mol. The molecule has 0 aliphatic carbocycles. The lowest BCUT2D eigenvalue weighted by Gasteiger charge is -2.28. The molecule has 2 heterocycles. The molecule has 3 aromatic rings. The van der Waals surface area contributed by atoms with E-state index in [0.29, 0.717) is 28.1 Å². The van der Waals surface area contributed by atoms with Crippen molar-refractivity contribution in [2.24, 2.45) is 5.92 Å². The molecule has 2 N–H and O–H groups in total. The molecule has 154 valence electrons. The molecule has 0 saturated carbocycles. The normalized spacial score (nSPS) is 12.0. The monoisotopic (exact) mass is 404 g/mol. The summed E-state index contributed by atoms with van der Waals surface area (Å²) in [6.07, 6.45) is 3.04. The van der Waals surface area contributed by atoms with Gasteiger partial charge in [0, 0.05) is 12.4 Å². The van der Waals surface area contributed by atoms with E-state index in [1.807, 2.05) is 32.8 Å². The summed E-state index contributed by atoms with van der Waals surface area (Å²) >= 11 is 0. The Morgan fingerprint density at radius 3 is 2.43 bits per heavy atom. The third-order valence-corrected chi connectivity index (χ3v) is 4.77. The van der Waals surface area contributed by atoms with Crippen molar-refractivity contribution in [2.45, 2.75) is 20.0 Å². The number of hydrogen-bond acceptors (Lipinski definition) is 5. The molecular formula is C22H24N6O2. The molecule has 8 heteroatoms. The van der Waals surface area contributed by atoms with Crippen molar-refractivity contribution in [2.75, 3.05) is 14.1 Å². The number of rotatable bonds is 6. The quantitative estimate of drug-likeness (QED) is 0.614. The molecule has 1 unspecified atom stereocenters. The molecule has 0 aliphatic rings. The van der Waals surface area contributed by atoms with E-state index in [0.717, 1.165) is 0 Å². The van der Waals surface area contributed by atoms with Gasteiger partial charge in [-0.15, -0.1) is 0 Å². The van der Waals surface area contributed by atoms with Gasteiger partial charge in [0.25, 0.3) is 11.5 Å². The SMILES string of the molecule is CC(C)C(NC(=O)c1ccc(-n2cc(-c3ccc(C#N)cc3)c(=O)[nH]2)nc1)N(C)C. The van der Waals surface area contributed by atoms with Crippen LogP contribution in [0.1, 0.15) is 29.8 Å². The highest BCUT2D eigenvalue weighted by molar-refractivity contribution is 5.94. The van der Waals surface area contributed by atoms with E-state index in [1.165, 1.54) is 10.9 Å². The number of hydrogen-bond donors (Lipinski definition) is 2. The predicted molar refractivity (Wildman–Crippen MR) is 114 cm³/mol. The van der Waals surface area contributed by atoms with Crippen LogP contribution >= 0.6 is 0 Å². The van der Waals surface area contributed by atoms with E-state index >= 15 is 0 Å². The number of benzene rings is 1. The van der Waals surface area contributed by atoms with Gasteiger partial charge in [0.15, 0.2) is 5.82 Å². The van der Waals surface area contributed by atoms with Crippen LogP contribution < -0.4 is 10.9 Å². The average Bonchev–Trinajstić information content (AvgIpc) is 3.13. The molecule has 0 spiro atoms. The lowest BCUT2D eigenvalue weighted by Crippen LogP contribution is -2.48. The number of nitrogens with zero attached hydrogens (tertiary/aromatic N) is 4. The second-order valence-electron chi connectivity index (χ2n) is 7.57. The summed E-state index contributed by atoms with van der Waals surface area (Å²) in [5, 5.41) is 14.6. The van der Waals surface area contributed by atoms with Gasteiger partial charge in [-0.1, -0.05) is 26.0 Å². The second kappa shape index (κ2) is 8.76. The van der Waals surface area contributed by atoms with Gasteiger partial charge in [0.2, 0.25) is 0 Å². The Bertz CT molecular complexity index is 1110. The number of aromatic nitrogens is 3. The second-order valence-corrected chi connectivity index (χ2v) is 7.57. The standard InChI is InChI=1S/C22H24N6O2/c1-14(2)20(27(3)4)25-21(29)17-9-10-19(24-12-17)28-13-18(22(30)26-28)16-7-5-15(11-23)6-8-16/h5-10,12-14,20H,1-4H3,(H,25,29)(H,26,30). The van der Waals surface area contributed by atoms with Gasteiger partial charge in [-0.05, 0) is 49.8 Å². The number of pyridine rings is 1. The molecule has 1 amide bonds. The molecule has 2 aromatic heterocycles. The van der Waals surface area contributed by atoms with Gasteiger partial charge in [-0.25, -0.2) is 9.67 Å². The van der Waals surface area contributed by atoms with Crippen LogP contribution in [-0.4, -0.2) is 45.8 Å². The van der Waals surface area contributed by atoms with Gasteiger partial charge in [-0.2, -0.15) is 5.26 Å². The Balaban J connectivity index is 1.80. The molecule has 3 rings (SSSR count). The maximum Gasteiger partial charge on any atom is 0.272 e. The predicted octanol–water partition coefficient (Wildman–Crippen LogP) is 2.37. The molecule has 1 aromatic carbocycles. The maximum atomic E-state index is 12.5. The minimum atomic E-state index is -0.269. The summed E-state index contributed by atoms with van der Waals surface area (Å²) in [7, 11) is 3.83. The summed E-state index contributed by atoms with van der Waals surface area (Å²) in [4.78, 5) is 31.2. The van der Waals surface area contributed by atoms with Crippen LogP contribution in [0.4, 0.5) is 0 Å². The minimum absolute atomic E-state index is 0.0899. The third-order valence-electron chi connectivity index (χ3n) is 4.77. The van der Waals surface area contributed by atoms with Crippen molar-refractivity contribution in [3.63, 3.8) is 0 Å². The Kier molecular flexibility index (Phi) is 6.14. The summed E-state index contributed by atoms with van der Waals surface area (Å²) in [5.41, 5.74) is 1.86. The fourth-order valence-corrected chi connectivity index (χ4v) is 3.22. The van der Waals surface area contributed by atoms with Gasteiger partial charge in [-0.3, -0.25) is 19.6 Å². The molecule has 0 fully saturated rings. The highest BCUT2D eigenvalue weighted by Gasteiger charge is 2.19. The Morgan fingerprint density at radius 2 is 1.90 bits per heavy atom. The highest BCUT2D eigenvalue weighted by atomic mass is 16.2. The van der Waals surface area contributed by atoms with Crippen molar-refractivity contribution in [1.29, 1.82) is 5.26 Å². The van der Waals surface area contributed by atoms with Crippen LogP contribution in [0.3, 0.4) is 0 Å². The van der Waals surface area contributed by atoms with E-state index in [1.54, 1.807) is 42.6 Å². The highest BCUT2D eigenvalue weighted by Crippen LogP contribution is 2.17. The molecule has 0 saturated heterocycles. The summed E-state index contributed by atoms with van der Waals surface area (Å²) in [5.74, 6) is 0.527. The van der Waals surface area contributed by atoms with Gasteiger partial charge in [0.05, 0.1) is 28.9 Å². The van der Waals surface area contributed by atoms with Crippen LogP contribution in [0.15, 0.2) is 53.6 Å².